The Morgan fingerprint density at radius 3 is 2.79 bits per heavy atom. The van der Waals surface area contributed by atoms with Gasteiger partial charge in [-0.05, 0) is 12.3 Å². The van der Waals surface area contributed by atoms with Crippen LogP contribution >= 0.6 is 0 Å². The number of carboxylic acid groups (broad SMARTS) is 1. The largest absolute Gasteiger partial charge is 0.480 e. The topological polar surface area (TPSA) is 98.7 Å². The molecule has 0 aromatic rings. The molecule has 1 atom stereocenters. The highest BCUT2D eigenvalue weighted by Crippen LogP contribution is 2.04. The number of carbonyl (C=O) groups is 3. The van der Waals surface area contributed by atoms with Crippen molar-refractivity contribution in [1.82, 2.24) is 15.5 Å². The second-order valence-electron chi connectivity index (χ2n) is 5.10. The highest BCUT2D eigenvalue weighted by Gasteiger charge is 2.32. The van der Waals surface area contributed by atoms with Crippen LogP contribution in [0, 0.1) is 5.92 Å². The minimum Gasteiger partial charge on any atom is -0.480 e. The van der Waals surface area contributed by atoms with Crippen LogP contribution in [-0.4, -0.2) is 60.0 Å². The Labute approximate surface area is 112 Å². The number of carboxylic acids is 1. The minimum atomic E-state index is -1.03. The fourth-order valence-electron chi connectivity index (χ4n) is 1.84. The van der Waals surface area contributed by atoms with Gasteiger partial charge in [0, 0.05) is 13.1 Å². The van der Waals surface area contributed by atoms with Crippen LogP contribution in [0.4, 0.5) is 0 Å². The van der Waals surface area contributed by atoms with Crippen molar-refractivity contribution in [3.05, 3.63) is 0 Å². The lowest BCUT2D eigenvalue weighted by atomic mass is 10.1. The molecule has 0 aromatic heterocycles. The van der Waals surface area contributed by atoms with Crippen LogP contribution < -0.4 is 10.6 Å². The summed E-state index contributed by atoms with van der Waals surface area (Å²) in [6, 6.07) is -0.839. The molecule has 0 spiro atoms. The first kappa shape index (κ1) is 15.4. The lowest BCUT2D eigenvalue weighted by molar-refractivity contribution is -0.146. The molecule has 0 radical (unpaired) electrons. The van der Waals surface area contributed by atoms with Gasteiger partial charge in [-0.1, -0.05) is 13.8 Å². The molecule has 2 amide bonds. The summed E-state index contributed by atoms with van der Waals surface area (Å²) < 4.78 is 0. The SMILES string of the molecule is CC(C)CCNC(=O)CN1CC(=O)NCC1C(=O)O. The van der Waals surface area contributed by atoms with Crippen molar-refractivity contribution in [2.45, 2.75) is 26.3 Å². The Kier molecular flexibility index (Phi) is 5.75. The van der Waals surface area contributed by atoms with Gasteiger partial charge < -0.3 is 15.7 Å². The Morgan fingerprint density at radius 1 is 1.53 bits per heavy atom. The maximum absolute atomic E-state index is 11.7. The Balaban J connectivity index is 2.45. The summed E-state index contributed by atoms with van der Waals surface area (Å²) in [7, 11) is 0. The van der Waals surface area contributed by atoms with E-state index in [4.69, 9.17) is 5.11 Å². The first-order valence-electron chi connectivity index (χ1n) is 6.40. The van der Waals surface area contributed by atoms with E-state index >= 15 is 0 Å². The molecular weight excluding hydrogens is 250 g/mol. The molecule has 7 nitrogen and oxygen atoms in total. The molecule has 108 valence electrons. The number of nitrogens with zero attached hydrogens (tertiary/aromatic N) is 1. The Morgan fingerprint density at radius 2 is 2.21 bits per heavy atom. The summed E-state index contributed by atoms with van der Waals surface area (Å²) in [5.74, 6) is -1.04. The summed E-state index contributed by atoms with van der Waals surface area (Å²) >= 11 is 0. The van der Waals surface area contributed by atoms with Crippen molar-refractivity contribution in [3.8, 4) is 0 Å². The zero-order chi connectivity index (χ0) is 14.4. The fourth-order valence-corrected chi connectivity index (χ4v) is 1.84. The van der Waals surface area contributed by atoms with E-state index in [-0.39, 0.29) is 31.4 Å². The second kappa shape index (κ2) is 7.08. The highest BCUT2D eigenvalue weighted by molar-refractivity contribution is 5.85. The predicted octanol–water partition coefficient (Wildman–Crippen LogP) is -0.966. The molecule has 1 saturated heterocycles. The van der Waals surface area contributed by atoms with Crippen LogP contribution in [0.15, 0.2) is 0 Å². The van der Waals surface area contributed by atoms with Crippen LogP contribution in [0.3, 0.4) is 0 Å². The molecule has 0 aliphatic carbocycles. The van der Waals surface area contributed by atoms with E-state index in [1.165, 1.54) is 4.90 Å². The van der Waals surface area contributed by atoms with Gasteiger partial charge in [0.1, 0.15) is 6.04 Å². The third-order valence-corrected chi connectivity index (χ3v) is 2.96. The van der Waals surface area contributed by atoms with E-state index in [1.54, 1.807) is 0 Å². The monoisotopic (exact) mass is 271 g/mol. The van der Waals surface area contributed by atoms with Gasteiger partial charge in [-0.25, -0.2) is 0 Å². The first-order valence-corrected chi connectivity index (χ1v) is 6.40. The molecule has 7 heteroatoms. The van der Waals surface area contributed by atoms with E-state index in [0.717, 1.165) is 6.42 Å². The normalized spacial score (nSPS) is 20.2. The van der Waals surface area contributed by atoms with Crippen LogP contribution in [-0.2, 0) is 14.4 Å². The van der Waals surface area contributed by atoms with E-state index in [2.05, 4.69) is 24.5 Å². The molecule has 0 aromatic carbocycles. The third kappa shape index (κ3) is 5.25. The number of aliphatic carboxylic acids is 1. The number of carbonyl (C=O) groups excluding carboxylic acids is 2. The molecular formula is C12H21N3O4. The number of hydrogen-bond donors (Lipinski definition) is 3. The molecule has 0 bridgehead atoms. The molecule has 1 unspecified atom stereocenters. The lowest BCUT2D eigenvalue weighted by Gasteiger charge is -2.31. The third-order valence-electron chi connectivity index (χ3n) is 2.96. The van der Waals surface area contributed by atoms with Crippen molar-refractivity contribution in [3.63, 3.8) is 0 Å². The zero-order valence-corrected chi connectivity index (χ0v) is 11.3. The average Bonchev–Trinajstić information content (AvgIpc) is 2.27. The zero-order valence-electron chi connectivity index (χ0n) is 11.3. The highest BCUT2D eigenvalue weighted by atomic mass is 16.4. The van der Waals surface area contributed by atoms with Gasteiger partial charge >= 0.3 is 5.97 Å². The quantitative estimate of drug-likeness (QED) is 0.577. The number of rotatable bonds is 6. The van der Waals surface area contributed by atoms with Crippen LogP contribution in [0.25, 0.3) is 0 Å². The number of piperazine rings is 1. The van der Waals surface area contributed by atoms with Crippen LogP contribution in [0.1, 0.15) is 20.3 Å². The summed E-state index contributed by atoms with van der Waals surface area (Å²) in [6.07, 6.45) is 0.870. The van der Waals surface area contributed by atoms with Gasteiger partial charge in [0.05, 0.1) is 13.1 Å². The number of amides is 2. The minimum absolute atomic E-state index is 0.0352. The molecule has 1 aliphatic rings. The first-order chi connectivity index (χ1) is 8.90. The summed E-state index contributed by atoms with van der Waals surface area (Å²) in [4.78, 5) is 35.4. The van der Waals surface area contributed by atoms with Gasteiger partial charge in [0.15, 0.2) is 0 Å². The molecule has 19 heavy (non-hydrogen) atoms. The molecule has 1 fully saturated rings. The van der Waals surface area contributed by atoms with Crippen molar-refractivity contribution >= 4 is 17.8 Å². The van der Waals surface area contributed by atoms with Gasteiger partial charge in [-0.3, -0.25) is 19.3 Å². The van der Waals surface area contributed by atoms with E-state index in [0.29, 0.717) is 12.5 Å². The second-order valence-corrected chi connectivity index (χ2v) is 5.10. The summed E-state index contributed by atoms with van der Waals surface area (Å²) in [6.45, 7) is 4.59. The van der Waals surface area contributed by atoms with Crippen molar-refractivity contribution in [1.29, 1.82) is 0 Å². The van der Waals surface area contributed by atoms with Crippen LogP contribution in [0.5, 0.6) is 0 Å². The van der Waals surface area contributed by atoms with Crippen molar-refractivity contribution in [2.24, 2.45) is 5.92 Å². The number of nitrogens with one attached hydrogen (secondary N) is 2. The van der Waals surface area contributed by atoms with Gasteiger partial charge in [0.2, 0.25) is 11.8 Å². The predicted molar refractivity (Wildman–Crippen MR) is 68.5 cm³/mol. The smallest absolute Gasteiger partial charge is 0.322 e. The summed E-state index contributed by atoms with van der Waals surface area (Å²) in [5, 5.41) is 14.2. The van der Waals surface area contributed by atoms with Crippen molar-refractivity contribution in [2.75, 3.05) is 26.2 Å². The number of hydrogen-bond acceptors (Lipinski definition) is 4. The molecule has 1 heterocycles. The molecule has 0 saturated carbocycles. The fraction of sp³-hybridized carbons (Fsp3) is 0.750. The Hall–Kier alpha value is -1.63. The maximum atomic E-state index is 11.7. The summed E-state index contributed by atoms with van der Waals surface area (Å²) in [5.41, 5.74) is 0. The average molecular weight is 271 g/mol. The lowest BCUT2D eigenvalue weighted by Crippen LogP contribution is -2.59. The van der Waals surface area contributed by atoms with E-state index in [9.17, 15) is 14.4 Å². The van der Waals surface area contributed by atoms with Crippen LogP contribution in [0.2, 0.25) is 0 Å². The van der Waals surface area contributed by atoms with Gasteiger partial charge in [-0.2, -0.15) is 0 Å². The molecule has 1 rings (SSSR count). The van der Waals surface area contributed by atoms with Crippen molar-refractivity contribution < 1.29 is 19.5 Å². The van der Waals surface area contributed by atoms with E-state index < -0.39 is 12.0 Å². The standard InChI is InChI=1S/C12H21N3O4/c1-8(2)3-4-13-10(16)6-15-7-11(17)14-5-9(15)12(18)19/h8-9H,3-7H2,1-2H3,(H,13,16)(H,14,17)(H,18,19). The molecule has 1 aliphatic heterocycles. The maximum Gasteiger partial charge on any atom is 0.322 e. The van der Waals surface area contributed by atoms with Gasteiger partial charge in [0.25, 0.3) is 0 Å². The Bertz CT molecular complexity index is 357. The van der Waals surface area contributed by atoms with Gasteiger partial charge in [-0.15, -0.1) is 0 Å². The van der Waals surface area contributed by atoms with E-state index in [1.807, 2.05) is 0 Å². The molecule has 3 N–H and O–H groups in total.